The summed E-state index contributed by atoms with van der Waals surface area (Å²) in [5.41, 5.74) is 1.06. The van der Waals surface area contributed by atoms with E-state index in [9.17, 15) is 0 Å². The lowest BCUT2D eigenvalue weighted by Gasteiger charge is -2.45. The number of hydrogen-bond donors (Lipinski definition) is 0. The molecule has 7 nitrogen and oxygen atoms in total. The third-order valence-corrected chi connectivity index (χ3v) is 10.4. The van der Waals surface area contributed by atoms with E-state index in [1.165, 1.54) is 141 Å². The molecular formula is C44H80O7. The minimum Gasteiger partial charge on any atom is -0.497 e. The van der Waals surface area contributed by atoms with Gasteiger partial charge in [0.1, 0.15) is 30.2 Å². The minimum absolute atomic E-state index is 0.327. The predicted octanol–water partition coefficient (Wildman–Crippen LogP) is 11.8. The summed E-state index contributed by atoms with van der Waals surface area (Å²) in [7, 11) is 5.07. The van der Waals surface area contributed by atoms with E-state index in [4.69, 9.17) is 33.2 Å². The fraction of sp³-hybridized carbons (Fsp3) is 0.864. The van der Waals surface area contributed by atoms with Crippen molar-refractivity contribution in [3.63, 3.8) is 0 Å². The topological polar surface area (TPSA) is 64.6 Å². The third kappa shape index (κ3) is 21.3. The summed E-state index contributed by atoms with van der Waals surface area (Å²) < 4.78 is 43.2. The van der Waals surface area contributed by atoms with E-state index in [0.717, 1.165) is 24.2 Å². The molecule has 5 atom stereocenters. The number of methoxy groups -OCH3 is 3. The van der Waals surface area contributed by atoms with Gasteiger partial charge >= 0.3 is 0 Å². The zero-order valence-corrected chi connectivity index (χ0v) is 33.9. The molecule has 0 amide bonds. The second-order valence-corrected chi connectivity index (χ2v) is 14.8. The van der Waals surface area contributed by atoms with Crippen LogP contribution < -0.4 is 4.74 Å². The predicted molar refractivity (Wildman–Crippen MR) is 211 cm³/mol. The molecule has 0 unspecified atom stereocenters. The van der Waals surface area contributed by atoms with E-state index in [2.05, 4.69) is 13.8 Å². The summed E-state index contributed by atoms with van der Waals surface area (Å²) in [5.74, 6) is 0.829. The highest BCUT2D eigenvalue weighted by molar-refractivity contribution is 5.26. The normalized spacial score (nSPS) is 20.6. The summed E-state index contributed by atoms with van der Waals surface area (Å²) in [4.78, 5) is 0. The second-order valence-electron chi connectivity index (χ2n) is 14.8. The van der Waals surface area contributed by atoms with Gasteiger partial charge in [0.15, 0.2) is 6.29 Å². The summed E-state index contributed by atoms with van der Waals surface area (Å²) in [6.45, 7) is 6.71. The Morgan fingerprint density at radius 3 is 1.33 bits per heavy atom. The van der Waals surface area contributed by atoms with Crippen molar-refractivity contribution in [2.45, 2.75) is 205 Å². The molecule has 0 aromatic heterocycles. The van der Waals surface area contributed by atoms with Gasteiger partial charge in [0, 0.05) is 27.4 Å². The molecule has 0 radical (unpaired) electrons. The Kier molecular flexibility index (Phi) is 29.0. The average Bonchev–Trinajstić information content (AvgIpc) is 3.15. The van der Waals surface area contributed by atoms with Crippen LogP contribution in [0.4, 0.5) is 0 Å². The van der Waals surface area contributed by atoms with Crippen LogP contribution in [0.3, 0.4) is 0 Å². The van der Waals surface area contributed by atoms with Crippen molar-refractivity contribution in [2.24, 2.45) is 0 Å². The highest BCUT2D eigenvalue weighted by Gasteiger charge is 2.48. The Balaban J connectivity index is 1.88. The highest BCUT2D eigenvalue weighted by atomic mass is 16.7. The van der Waals surface area contributed by atoms with Crippen LogP contribution in [0, 0.1) is 0 Å². The Morgan fingerprint density at radius 1 is 0.490 bits per heavy atom. The maximum absolute atomic E-state index is 6.71. The largest absolute Gasteiger partial charge is 0.497 e. The molecule has 51 heavy (non-hydrogen) atoms. The summed E-state index contributed by atoms with van der Waals surface area (Å²) in [6.07, 6.45) is 29.6. The Morgan fingerprint density at radius 2 is 0.922 bits per heavy atom. The fourth-order valence-electron chi connectivity index (χ4n) is 7.17. The average molecular weight is 721 g/mol. The molecule has 1 aromatic rings. The molecule has 0 aliphatic carbocycles. The SMILES string of the molecule is CCCCCCCCCCCCCCO[C@@H]1[C@@H](OCCCCCCCCCCCCCC)[C@@H](OC)O[C@H](COC)[C@H]1OCc1ccc(OC)cc1. The zero-order chi connectivity index (χ0) is 36.6. The van der Waals surface area contributed by atoms with E-state index < -0.39 is 6.29 Å². The maximum atomic E-state index is 6.71. The Labute approximate surface area is 314 Å². The van der Waals surface area contributed by atoms with Gasteiger partial charge < -0.3 is 33.2 Å². The van der Waals surface area contributed by atoms with Crippen LogP contribution in [0.5, 0.6) is 5.75 Å². The lowest BCUT2D eigenvalue weighted by molar-refractivity contribution is -0.319. The highest BCUT2D eigenvalue weighted by Crippen LogP contribution is 2.30. The van der Waals surface area contributed by atoms with E-state index in [1.807, 2.05) is 24.3 Å². The molecule has 7 heteroatoms. The van der Waals surface area contributed by atoms with Gasteiger partial charge in [-0.05, 0) is 30.5 Å². The molecule has 0 bridgehead atoms. The fourth-order valence-corrected chi connectivity index (χ4v) is 7.17. The van der Waals surface area contributed by atoms with Crippen molar-refractivity contribution < 1.29 is 33.2 Å². The monoisotopic (exact) mass is 721 g/mol. The van der Waals surface area contributed by atoms with Gasteiger partial charge in [0.2, 0.25) is 0 Å². The number of unbranched alkanes of at least 4 members (excludes halogenated alkanes) is 22. The molecule has 298 valence electrons. The molecule has 1 heterocycles. The van der Waals surface area contributed by atoms with E-state index in [1.54, 1.807) is 21.3 Å². The van der Waals surface area contributed by atoms with Crippen molar-refractivity contribution in [3.8, 4) is 5.75 Å². The van der Waals surface area contributed by atoms with Crippen molar-refractivity contribution in [1.82, 2.24) is 0 Å². The number of ether oxygens (including phenoxy) is 7. The van der Waals surface area contributed by atoms with Gasteiger partial charge in [-0.15, -0.1) is 0 Å². The maximum Gasteiger partial charge on any atom is 0.186 e. The lowest BCUT2D eigenvalue weighted by atomic mass is 9.98. The molecule has 1 aliphatic rings. The quantitative estimate of drug-likeness (QED) is 0.0647. The number of benzene rings is 1. The van der Waals surface area contributed by atoms with Crippen LogP contribution in [0.2, 0.25) is 0 Å². The molecule has 0 N–H and O–H groups in total. The summed E-state index contributed by atoms with van der Waals surface area (Å²) in [5, 5.41) is 0. The molecule has 1 aromatic carbocycles. The van der Waals surface area contributed by atoms with Crippen LogP contribution >= 0.6 is 0 Å². The van der Waals surface area contributed by atoms with Crippen molar-refractivity contribution >= 4 is 0 Å². The van der Waals surface area contributed by atoms with E-state index in [0.29, 0.717) is 26.4 Å². The third-order valence-electron chi connectivity index (χ3n) is 10.4. The van der Waals surface area contributed by atoms with Crippen LogP contribution in [0.25, 0.3) is 0 Å². The van der Waals surface area contributed by atoms with E-state index in [-0.39, 0.29) is 24.4 Å². The second kappa shape index (κ2) is 32.2. The molecular weight excluding hydrogens is 640 g/mol. The molecule has 1 saturated heterocycles. The Bertz CT molecular complexity index is 881. The summed E-state index contributed by atoms with van der Waals surface area (Å²) >= 11 is 0. The van der Waals surface area contributed by atoms with Gasteiger partial charge in [-0.25, -0.2) is 0 Å². The first-order chi connectivity index (χ1) is 25.2. The van der Waals surface area contributed by atoms with Gasteiger partial charge in [-0.2, -0.15) is 0 Å². The molecule has 0 spiro atoms. The first-order valence-electron chi connectivity index (χ1n) is 21.3. The minimum atomic E-state index is -0.546. The summed E-state index contributed by atoms with van der Waals surface area (Å²) in [6, 6.07) is 8.00. The molecule has 1 fully saturated rings. The molecule has 2 rings (SSSR count). The number of rotatable bonds is 35. The first kappa shape index (κ1) is 45.9. The van der Waals surface area contributed by atoms with Gasteiger partial charge in [-0.1, -0.05) is 167 Å². The molecule has 1 aliphatic heterocycles. The van der Waals surface area contributed by atoms with Crippen LogP contribution in [0.15, 0.2) is 24.3 Å². The zero-order valence-electron chi connectivity index (χ0n) is 33.9. The van der Waals surface area contributed by atoms with Crippen LogP contribution in [-0.2, 0) is 35.0 Å². The van der Waals surface area contributed by atoms with Gasteiger partial charge in [0.25, 0.3) is 0 Å². The Hall–Kier alpha value is -1.22. The van der Waals surface area contributed by atoms with Gasteiger partial charge in [0.05, 0.1) is 20.3 Å². The smallest absolute Gasteiger partial charge is 0.186 e. The van der Waals surface area contributed by atoms with Crippen molar-refractivity contribution in [2.75, 3.05) is 41.2 Å². The number of hydrogen-bond acceptors (Lipinski definition) is 7. The van der Waals surface area contributed by atoms with E-state index >= 15 is 0 Å². The molecule has 0 saturated carbocycles. The standard InChI is InChI=1S/C44H80O7/c1-6-8-10-12-14-16-18-20-22-24-26-28-34-48-42-41(50-36-38-30-32-39(46-4)33-31-38)40(37-45-3)51-44(47-5)43(42)49-35-29-27-25-23-21-19-17-15-13-11-9-7-2/h30-33,40-44H,6-29,34-37H2,1-5H3/t40-,41-,42+,43-,44+/m1/s1. The lowest BCUT2D eigenvalue weighted by Crippen LogP contribution is -2.61. The van der Waals surface area contributed by atoms with Crippen LogP contribution in [0.1, 0.15) is 174 Å². The van der Waals surface area contributed by atoms with Crippen molar-refractivity contribution in [3.05, 3.63) is 29.8 Å². The first-order valence-corrected chi connectivity index (χ1v) is 21.3. The van der Waals surface area contributed by atoms with Crippen LogP contribution in [-0.4, -0.2) is 71.9 Å². The van der Waals surface area contributed by atoms with Gasteiger partial charge in [-0.3, -0.25) is 0 Å². The van der Waals surface area contributed by atoms with Crippen molar-refractivity contribution in [1.29, 1.82) is 0 Å².